The van der Waals surface area contributed by atoms with Gasteiger partial charge in [-0.3, -0.25) is 4.90 Å². The van der Waals surface area contributed by atoms with Gasteiger partial charge in [0, 0.05) is 6.54 Å². The summed E-state index contributed by atoms with van der Waals surface area (Å²) in [5, 5.41) is 9.07. The number of likely N-dealkylation sites (tertiary alicyclic amines) is 1. The van der Waals surface area contributed by atoms with Crippen LogP contribution >= 0.6 is 0 Å². The number of nitrogens with zero attached hydrogens (tertiary/aromatic N) is 1. The highest BCUT2D eigenvalue weighted by Gasteiger charge is 2.32. The number of alkyl halides is 3. The van der Waals surface area contributed by atoms with Gasteiger partial charge in [0.2, 0.25) is 0 Å². The van der Waals surface area contributed by atoms with Crippen molar-refractivity contribution in [3.8, 4) is 0 Å². The van der Waals surface area contributed by atoms with Crippen molar-refractivity contribution in [2.75, 3.05) is 19.6 Å². The Morgan fingerprint density at radius 3 is 2.58 bits per heavy atom. The van der Waals surface area contributed by atoms with Crippen LogP contribution in [0.4, 0.5) is 13.2 Å². The molecule has 0 aromatic heterocycles. The molecule has 0 aliphatic carbocycles. The van der Waals surface area contributed by atoms with Crippen molar-refractivity contribution < 1.29 is 18.3 Å². The minimum Gasteiger partial charge on any atom is -0.392 e. The van der Waals surface area contributed by atoms with Crippen molar-refractivity contribution in [3.05, 3.63) is 0 Å². The van der Waals surface area contributed by atoms with E-state index in [1.165, 1.54) is 4.90 Å². The summed E-state index contributed by atoms with van der Waals surface area (Å²) in [5.41, 5.74) is 0. The van der Waals surface area contributed by atoms with E-state index >= 15 is 0 Å². The van der Waals surface area contributed by atoms with E-state index < -0.39 is 18.8 Å². The molecule has 12 heavy (non-hydrogen) atoms. The molecule has 0 bridgehead atoms. The smallest absolute Gasteiger partial charge is 0.392 e. The monoisotopic (exact) mass is 183 g/mol. The SMILES string of the molecule is O[C@H]1CCCN(CC(F)(F)F)C1. The highest BCUT2D eigenvalue weighted by atomic mass is 19.4. The van der Waals surface area contributed by atoms with E-state index in [1.807, 2.05) is 0 Å². The van der Waals surface area contributed by atoms with Gasteiger partial charge < -0.3 is 5.11 Å². The van der Waals surface area contributed by atoms with Crippen molar-refractivity contribution in [2.45, 2.75) is 25.1 Å². The predicted molar refractivity (Wildman–Crippen MR) is 37.7 cm³/mol. The van der Waals surface area contributed by atoms with E-state index in [0.29, 0.717) is 19.4 Å². The molecule has 2 nitrogen and oxygen atoms in total. The lowest BCUT2D eigenvalue weighted by Gasteiger charge is -2.30. The third kappa shape index (κ3) is 3.40. The summed E-state index contributed by atoms with van der Waals surface area (Å²) in [6, 6.07) is 0. The molecule has 0 spiro atoms. The zero-order chi connectivity index (χ0) is 9.19. The average molecular weight is 183 g/mol. The van der Waals surface area contributed by atoms with Gasteiger partial charge in [-0.05, 0) is 19.4 Å². The van der Waals surface area contributed by atoms with Crippen LogP contribution in [0, 0.1) is 0 Å². The van der Waals surface area contributed by atoms with Crippen molar-refractivity contribution >= 4 is 0 Å². The standard InChI is InChI=1S/C7H12F3NO/c8-7(9,10)5-11-3-1-2-6(12)4-11/h6,12H,1-5H2/t6-/m0/s1. The zero-order valence-electron chi connectivity index (χ0n) is 6.64. The third-order valence-corrected chi connectivity index (χ3v) is 1.88. The fourth-order valence-electron chi connectivity index (χ4n) is 1.43. The van der Waals surface area contributed by atoms with Crippen LogP contribution in [0.15, 0.2) is 0 Å². The number of piperidine rings is 1. The van der Waals surface area contributed by atoms with Crippen LogP contribution in [0.25, 0.3) is 0 Å². The lowest BCUT2D eigenvalue weighted by atomic mass is 10.1. The highest BCUT2D eigenvalue weighted by molar-refractivity contribution is 4.73. The summed E-state index contributed by atoms with van der Waals surface area (Å²) in [6.07, 6.45) is -3.45. The minimum absolute atomic E-state index is 0.152. The first-order valence-corrected chi connectivity index (χ1v) is 3.94. The summed E-state index contributed by atoms with van der Waals surface area (Å²) in [7, 11) is 0. The molecule has 1 fully saturated rings. The van der Waals surface area contributed by atoms with Crippen molar-refractivity contribution in [2.24, 2.45) is 0 Å². The molecule has 1 saturated heterocycles. The van der Waals surface area contributed by atoms with Gasteiger partial charge in [0.05, 0.1) is 12.6 Å². The molecule has 0 aromatic carbocycles. The molecule has 72 valence electrons. The van der Waals surface area contributed by atoms with E-state index in [4.69, 9.17) is 5.11 Å². The Kier molecular flexibility index (Phi) is 2.95. The number of β-amino-alcohol motifs (C(OH)–C–C–N with tert-alkyl or cyclic N) is 1. The van der Waals surface area contributed by atoms with Crippen molar-refractivity contribution in [1.29, 1.82) is 0 Å². The molecule has 1 rings (SSSR count). The topological polar surface area (TPSA) is 23.5 Å². The van der Waals surface area contributed by atoms with Crippen molar-refractivity contribution in [3.63, 3.8) is 0 Å². The number of rotatable bonds is 1. The zero-order valence-corrected chi connectivity index (χ0v) is 6.64. The fourth-order valence-corrected chi connectivity index (χ4v) is 1.43. The van der Waals surface area contributed by atoms with Gasteiger partial charge in [0.25, 0.3) is 0 Å². The molecule has 5 heteroatoms. The second-order valence-corrected chi connectivity index (χ2v) is 3.15. The second-order valence-electron chi connectivity index (χ2n) is 3.15. The van der Waals surface area contributed by atoms with Gasteiger partial charge in [-0.25, -0.2) is 0 Å². The normalized spacial score (nSPS) is 27.5. The van der Waals surface area contributed by atoms with Crippen LogP contribution in [0.5, 0.6) is 0 Å². The molecule has 1 heterocycles. The maximum atomic E-state index is 11.8. The predicted octanol–water partition coefficient (Wildman–Crippen LogP) is 1.01. The molecular formula is C7H12F3NO. The molecule has 1 N–H and O–H groups in total. The first kappa shape index (κ1) is 9.80. The summed E-state index contributed by atoms with van der Waals surface area (Å²) in [6.45, 7) is -0.305. The molecule has 0 aromatic rings. The van der Waals surface area contributed by atoms with Gasteiger partial charge in [-0.2, -0.15) is 13.2 Å². The van der Waals surface area contributed by atoms with Gasteiger partial charge in [-0.1, -0.05) is 0 Å². The number of hydrogen-bond acceptors (Lipinski definition) is 2. The first-order chi connectivity index (χ1) is 5.47. The molecule has 1 aliphatic heterocycles. The molecular weight excluding hydrogens is 171 g/mol. The summed E-state index contributed by atoms with van der Waals surface area (Å²) >= 11 is 0. The van der Waals surface area contributed by atoms with E-state index in [0.717, 1.165) is 0 Å². The molecule has 0 amide bonds. The van der Waals surface area contributed by atoms with Crippen molar-refractivity contribution in [1.82, 2.24) is 4.90 Å². The van der Waals surface area contributed by atoms with Gasteiger partial charge in [-0.15, -0.1) is 0 Å². The number of halogens is 3. The Morgan fingerprint density at radius 2 is 2.08 bits per heavy atom. The second kappa shape index (κ2) is 3.62. The fraction of sp³-hybridized carbons (Fsp3) is 1.00. The van der Waals surface area contributed by atoms with Crippen LogP contribution in [-0.2, 0) is 0 Å². The van der Waals surface area contributed by atoms with Crippen LogP contribution in [0.3, 0.4) is 0 Å². The van der Waals surface area contributed by atoms with Gasteiger partial charge in [0.1, 0.15) is 0 Å². The number of aliphatic hydroxyl groups excluding tert-OH is 1. The number of aliphatic hydroxyl groups is 1. The summed E-state index contributed by atoms with van der Waals surface area (Å²) < 4.78 is 35.5. The average Bonchev–Trinajstić information content (AvgIpc) is 1.82. The minimum atomic E-state index is -4.14. The first-order valence-electron chi connectivity index (χ1n) is 3.94. The Bertz CT molecular complexity index is 148. The van der Waals surface area contributed by atoms with E-state index in [-0.39, 0.29) is 6.54 Å². The van der Waals surface area contributed by atoms with Crippen LogP contribution in [0.2, 0.25) is 0 Å². The third-order valence-electron chi connectivity index (χ3n) is 1.88. The molecule has 0 radical (unpaired) electrons. The highest BCUT2D eigenvalue weighted by Crippen LogP contribution is 2.19. The van der Waals surface area contributed by atoms with E-state index in [1.54, 1.807) is 0 Å². The Labute approximate surface area is 69.0 Å². The summed E-state index contributed by atoms with van der Waals surface area (Å²) in [5.74, 6) is 0. The molecule has 0 saturated carbocycles. The Morgan fingerprint density at radius 1 is 1.42 bits per heavy atom. The maximum absolute atomic E-state index is 11.8. The molecule has 1 atom stereocenters. The maximum Gasteiger partial charge on any atom is 0.401 e. The largest absolute Gasteiger partial charge is 0.401 e. The van der Waals surface area contributed by atoms with E-state index in [9.17, 15) is 13.2 Å². The van der Waals surface area contributed by atoms with Gasteiger partial charge in [0.15, 0.2) is 0 Å². The number of hydrogen-bond donors (Lipinski definition) is 1. The van der Waals surface area contributed by atoms with Gasteiger partial charge >= 0.3 is 6.18 Å². The summed E-state index contributed by atoms with van der Waals surface area (Å²) in [4.78, 5) is 1.24. The van der Waals surface area contributed by atoms with Crippen LogP contribution in [0.1, 0.15) is 12.8 Å². The molecule has 0 unspecified atom stereocenters. The quantitative estimate of drug-likeness (QED) is 0.655. The Hall–Kier alpha value is -0.290. The lowest BCUT2D eigenvalue weighted by Crippen LogP contribution is -2.43. The Balaban J connectivity index is 2.32. The van der Waals surface area contributed by atoms with Crippen LogP contribution in [-0.4, -0.2) is 41.9 Å². The van der Waals surface area contributed by atoms with Crippen LogP contribution < -0.4 is 0 Å². The lowest BCUT2D eigenvalue weighted by molar-refractivity contribution is -0.151. The van der Waals surface area contributed by atoms with E-state index in [2.05, 4.69) is 0 Å². The molecule has 1 aliphatic rings.